The number of imidazole rings is 1. The first-order valence-corrected chi connectivity index (χ1v) is 5.11. The normalized spacial score (nSPS) is 10.4. The zero-order valence-electron chi connectivity index (χ0n) is 7.87. The van der Waals surface area contributed by atoms with E-state index in [4.69, 9.17) is 5.11 Å². The molecule has 0 aliphatic rings. The number of nitrogens with one attached hydrogen (secondary N) is 1. The van der Waals surface area contributed by atoms with Gasteiger partial charge in [0.15, 0.2) is 0 Å². The highest BCUT2D eigenvalue weighted by molar-refractivity contribution is 9.10. The molecule has 0 spiro atoms. The Morgan fingerprint density at radius 3 is 2.88 bits per heavy atom. The van der Waals surface area contributed by atoms with Crippen LogP contribution in [0.2, 0.25) is 0 Å². The fraction of sp³-hybridized carbons (Fsp3) is 0. The molecule has 82 valence electrons. The number of carbonyl (C=O) groups is 1. The molecule has 0 amide bonds. The van der Waals surface area contributed by atoms with Crippen molar-refractivity contribution in [2.75, 3.05) is 0 Å². The first kappa shape index (κ1) is 10.8. The molecule has 2 aromatic rings. The zero-order chi connectivity index (χ0) is 11.7. The van der Waals surface area contributed by atoms with Gasteiger partial charge in [0.25, 0.3) is 0 Å². The Morgan fingerprint density at radius 1 is 1.50 bits per heavy atom. The molecule has 1 heterocycles. The smallest absolute Gasteiger partial charge is 0.371 e. The highest BCUT2D eigenvalue weighted by Crippen LogP contribution is 2.24. The van der Waals surface area contributed by atoms with Crippen LogP contribution in [0.15, 0.2) is 28.9 Å². The third-order valence-electron chi connectivity index (χ3n) is 2.00. The number of rotatable bonds is 2. The number of benzene rings is 1. The van der Waals surface area contributed by atoms with Crippen LogP contribution in [0.4, 0.5) is 4.39 Å². The van der Waals surface area contributed by atoms with Crippen molar-refractivity contribution < 1.29 is 14.3 Å². The summed E-state index contributed by atoms with van der Waals surface area (Å²) in [6.45, 7) is 0. The number of carboxylic acid groups (broad SMARTS) is 1. The van der Waals surface area contributed by atoms with E-state index < -0.39 is 11.8 Å². The van der Waals surface area contributed by atoms with Crippen molar-refractivity contribution in [3.8, 4) is 11.3 Å². The summed E-state index contributed by atoms with van der Waals surface area (Å²) in [7, 11) is 0. The SMILES string of the molecule is O=C(O)c1ncc(-c2cc(Br)ccc2F)[nH]1. The maximum atomic E-state index is 13.4. The first-order chi connectivity index (χ1) is 7.58. The van der Waals surface area contributed by atoms with Crippen molar-refractivity contribution in [3.63, 3.8) is 0 Å². The standard InChI is InChI=1S/C10H6BrFN2O2/c11-5-1-2-7(12)6(3-5)8-4-13-9(14-8)10(15)16/h1-4H,(H,13,14)(H,15,16). The van der Waals surface area contributed by atoms with Crippen molar-refractivity contribution in [3.05, 3.63) is 40.5 Å². The van der Waals surface area contributed by atoms with E-state index in [-0.39, 0.29) is 11.4 Å². The van der Waals surface area contributed by atoms with Gasteiger partial charge in [0.1, 0.15) is 5.82 Å². The molecule has 0 aliphatic heterocycles. The number of H-pyrrole nitrogens is 1. The number of nitrogens with zero attached hydrogens (tertiary/aromatic N) is 1. The van der Waals surface area contributed by atoms with E-state index in [1.54, 1.807) is 12.1 Å². The summed E-state index contributed by atoms with van der Waals surface area (Å²) in [5.74, 6) is -1.83. The Morgan fingerprint density at radius 2 is 2.25 bits per heavy atom. The summed E-state index contributed by atoms with van der Waals surface area (Å²) in [5, 5.41) is 8.67. The number of carboxylic acids is 1. The molecule has 0 aliphatic carbocycles. The summed E-state index contributed by atoms with van der Waals surface area (Å²) < 4.78 is 14.2. The molecule has 0 bridgehead atoms. The predicted octanol–water partition coefficient (Wildman–Crippen LogP) is 2.68. The van der Waals surface area contributed by atoms with Gasteiger partial charge in [-0.15, -0.1) is 0 Å². The molecule has 2 N–H and O–H groups in total. The third-order valence-corrected chi connectivity index (χ3v) is 2.49. The quantitative estimate of drug-likeness (QED) is 0.891. The van der Waals surface area contributed by atoms with Gasteiger partial charge in [0, 0.05) is 10.0 Å². The molecule has 1 aromatic carbocycles. The summed E-state index contributed by atoms with van der Waals surface area (Å²) in [6, 6.07) is 4.41. The average molecular weight is 285 g/mol. The Hall–Kier alpha value is -1.69. The third kappa shape index (κ3) is 1.96. The Labute approximate surface area is 98.3 Å². The van der Waals surface area contributed by atoms with E-state index >= 15 is 0 Å². The second kappa shape index (κ2) is 4.05. The lowest BCUT2D eigenvalue weighted by Gasteiger charge is -2.00. The Kier molecular flexibility index (Phi) is 2.74. The van der Waals surface area contributed by atoms with Gasteiger partial charge in [-0.25, -0.2) is 14.2 Å². The van der Waals surface area contributed by atoms with Gasteiger partial charge in [0.05, 0.1) is 11.9 Å². The fourth-order valence-corrected chi connectivity index (χ4v) is 1.63. The van der Waals surface area contributed by atoms with Crippen LogP contribution < -0.4 is 0 Å². The average Bonchev–Trinajstić information content (AvgIpc) is 2.70. The van der Waals surface area contributed by atoms with Crippen LogP contribution in [-0.4, -0.2) is 21.0 Å². The molecule has 6 heteroatoms. The van der Waals surface area contributed by atoms with Gasteiger partial charge in [-0.05, 0) is 18.2 Å². The molecular formula is C10H6BrFN2O2. The Bertz CT molecular complexity index is 554. The Balaban J connectivity index is 2.50. The van der Waals surface area contributed by atoms with E-state index in [1.807, 2.05) is 0 Å². The molecule has 0 saturated carbocycles. The van der Waals surface area contributed by atoms with Gasteiger partial charge < -0.3 is 10.1 Å². The zero-order valence-corrected chi connectivity index (χ0v) is 9.45. The van der Waals surface area contributed by atoms with Gasteiger partial charge >= 0.3 is 5.97 Å². The maximum absolute atomic E-state index is 13.4. The predicted molar refractivity (Wildman–Crippen MR) is 58.6 cm³/mol. The monoisotopic (exact) mass is 284 g/mol. The van der Waals surface area contributed by atoms with Crippen molar-refractivity contribution in [1.82, 2.24) is 9.97 Å². The number of aromatic carboxylic acids is 1. The number of aromatic nitrogens is 2. The van der Waals surface area contributed by atoms with E-state index in [0.29, 0.717) is 10.2 Å². The second-order valence-corrected chi connectivity index (χ2v) is 3.99. The van der Waals surface area contributed by atoms with Crippen LogP contribution in [0, 0.1) is 5.82 Å². The minimum absolute atomic E-state index is 0.214. The minimum atomic E-state index is -1.18. The van der Waals surface area contributed by atoms with Crippen LogP contribution in [0.5, 0.6) is 0 Å². The van der Waals surface area contributed by atoms with E-state index in [1.165, 1.54) is 12.3 Å². The lowest BCUT2D eigenvalue weighted by Crippen LogP contribution is -1.98. The van der Waals surface area contributed by atoms with Gasteiger partial charge in [-0.1, -0.05) is 15.9 Å². The van der Waals surface area contributed by atoms with Gasteiger partial charge in [-0.3, -0.25) is 0 Å². The summed E-state index contributed by atoms with van der Waals surface area (Å²) in [6.07, 6.45) is 1.29. The van der Waals surface area contributed by atoms with Crippen molar-refractivity contribution in [1.29, 1.82) is 0 Å². The highest BCUT2D eigenvalue weighted by atomic mass is 79.9. The summed E-state index contributed by atoms with van der Waals surface area (Å²) in [5.41, 5.74) is 0.602. The maximum Gasteiger partial charge on any atom is 0.371 e. The fourth-order valence-electron chi connectivity index (χ4n) is 1.27. The van der Waals surface area contributed by atoms with Crippen molar-refractivity contribution in [2.45, 2.75) is 0 Å². The highest BCUT2D eigenvalue weighted by Gasteiger charge is 2.12. The molecule has 0 saturated heterocycles. The topological polar surface area (TPSA) is 66.0 Å². The second-order valence-electron chi connectivity index (χ2n) is 3.07. The minimum Gasteiger partial charge on any atom is -0.475 e. The molecule has 0 fully saturated rings. The lowest BCUT2D eigenvalue weighted by molar-refractivity contribution is 0.0685. The molecule has 16 heavy (non-hydrogen) atoms. The number of hydrogen-bond acceptors (Lipinski definition) is 2. The lowest BCUT2D eigenvalue weighted by atomic mass is 10.1. The molecule has 4 nitrogen and oxygen atoms in total. The largest absolute Gasteiger partial charge is 0.475 e. The van der Waals surface area contributed by atoms with Crippen LogP contribution in [0.1, 0.15) is 10.6 Å². The molecular weight excluding hydrogens is 279 g/mol. The first-order valence-electron chi connectivity index (χ1n) is 4.31. The van der Waals surface area contributed by atoms with E-state index in [0.717, 1.165) is 0 Å². The molecule has 1 aromatic heterocycles. The number of hydrogen-bond donors (Lipinski definition) is 2. The van der Waals surface area contributed by atoms with Crippen molar-refractivity contribution >= 4 is 21.9 Å². The van der Waals surface area contributed by atoms with E-state index in [2.05, 4.69) is 25.9 Å². The number of halogens is 2. The number of aromatic amines is 1. The van der Waals surface area contributed by atoms with E-state index in [9.17, 15) is 9.18 Å². The van der Waals surface area contributed by atoms with Gasteiger partial charge in [-0.2, -0.15) is 0 Å². The van der Waals surface area contributed by atoms with Crippen LogP contribution in [0.25, 0.3) is 11.3 Å². The molecule has 2 rings (SSSR count). The molecule has 0 unspecified atom stereocenters. The van der Waals surface area contributed by atoms with Crippen LogP contribution in [0.3, 0.4) is 0 Å². The molecule has 0 radical (unpaired) electrons. The van der Waals surface area contributed by atoms with Crippen LogP contribution >= 0.6 is 15.9 Å². The summed E-state index contributed by atoms with van der Waals surface area (Å²) in [4.78, 5) is 16.8. The summed E-state index contributed by atoms with van der Waals surface area (Å²) >= 11 is 3.21. The molecule has 0 atom stereocenters. The van der Waals surface area contributed by atoms with Crippen molar-refractivity contribution in [2.24, 2.45) is 0 Å². The van der Waals surface area contributed by atoms with Crippen LogP contribution in [-0.2, 0) is 0 Å². The van der Waals surface area contributed by atoms with Gasteiger partial charge in [0.2, 0.25) is 5.82 Å².